The van der Waals surface area contributed by atoms with Crippen LogP contribution in [0.1, 0.15) is 19.3 Å². The lowest BCUT2D eigenvalue weighted by Crippen LogP contribution is -2.22. The fraction of sp³-hybridized carbons (Fsp3) is 0.857. The van der Waals surface area contributed by atoms with E-state index < -0.39 is 5.97 Å². The summed E-state index contributed by atoms with van der Waals surface area (Å²) >= 11 is 0. The third-order valence-electron chi connectivity index (χ3n) is 1.42. The Labute approximate surface area is 66.3 Å². The van der Waals surface area contributed by atoms with Crippen LogP contribution in [0, 0.1) is 0 Å². The zero-order valence-corrected chi connectivity index (χ0v) is 6.75. The quantitative estimate of drug-likeness (QED) is 0.584. The second-order valence-electron chi connectivity index (χ2n) is 2.47. The molecule has 0 saturated carbocycles. The van der Waals surface area contributed by atoms with E-state index in [9.17, 15) is 4.79 Å². The molecule has 1 unspecified atom stereocenters. The monoisotopic (exact) mass is 161 g/mol. The molecule has 1 atom stereocenters. The fourth-order valence-electron chi connectivity index (χ4n) is 0.722. The minimum atomic E-state index is -0.794. The first-order valence-electron chi connectivity index (χ1n) is 3.63. The number of ether oxygens (including phenoxy) is 1. The molecule has 3 N–H and O–H groups in total. The van der Waals surface area contributed by atoms with E-state index in [-0.39, 0.29) is 12.5 Å². The van der Waals surface area contributed by atoms with Crippen LogP contribution in [0.15, 0.2) is 0 Å². The fourth-order valence-corrected chi connectivity index (χ4v) is 0.722. The Morgan fingerprint density at radius 2 is 2.27 bits per heavy atom. The number of hydrogen-bond acceptors (Lipinski definition) is 3. The first-order chi connectivity index (χ1) is 5.16. The van der Waals surface area contributed by atoms with Crippen molar-refractivity contribution in [1.29, 1.82) is 0 Å². The number of methoxy groups -OCH3 is 1. The smallest absolute Gasteiger partial charge is 0.303 e. The largest absolute Gasteiger partial charge is 0.481 e. The summed E-state index contributed by atoms with van der Waals surface area (Å²) in [6, 6.07) is -0.0500. The number of nitrogens with two attached hydrogens (primary N) is 1. The number of carbonyl (C=O) groups is 1. The minimum Gasteiger partial charge on any atom is -0.481 e. The van der Waals surface area contributed by atoms with Crippen LogP contribution < -0.4 is 5.73 Å². The molecule has 0 aliphatic rings. The van der Waals surface area contributed by atoms with Gasteiger partial charge in [-0.2, -0.15) is 0 Å². The zero-order chi connectivity index (χ0) is 8.69. The van der Waals surface area contributed by atoms with E-state index in [1.807, 2.05) is 0 Å². The van der Waals surface area contributed by atoms with Crippen LogP contribution in [0.3, 0.4) is 0 Å². The van der Waals surface area contributed by atoms with Crippen LogP contribution in [0.25, 0.3) is 0 Å². The summed E-state index contributed by atoms with van der Waals surface area (Å²) in [7, 11) is 1.60. The maximum absolute atomic E-state index is 10.1. The van der Waals surface area contributed by atoms with Crippen molar-refractivity contribution in [2.24, 2.45) is 5.73 Å². The SMILES string of the molecule is COCCC(N)CCC(=O)O. The van der Waals surface area contributed by atoms with Gasteiger partial charge in [-0.3, -0.25) is 4.79 Å². The zero-order valence-electron chi connectivity index (χ0n) is 6.75. The molecule has 0 bridgehead atoms. The Morgan fingerprint density at radius 1 is 1.64 bits per heavy atom. The van der Waals surface area contributed by atoms with Gasteiger partial charge in [0.1, 0.15) is 0 Å². The summed E-state index contributed by atoms with van der Waals surface area (Å²) in [4.78, 5) is 10.1. The van der Waals surface area contributed by atoms with E-state index >= 15 is 0 Å². The standard InChI is InChI=1S/C7H15NO3/c1-11-5-4-6(8)2-3-7(9)10/h6H,2-5,8H2,1H3,(H,9,10). The lowest BCUT2D eigenvalue weighted by Gasteiger charge is -2.07. The molecule has 4 heteroatoms. The van der Waals surface area contributed by atoms with Crippen molar-refractivity contribution in [1.82, 2.24) is 0 Å². The molecule has 0 rings (SSSR count). The Balaban J connectivity index is 3.22. The lowest BCUT2D eigenvalue weighted by atomic mass is 10.1. The van der Waals surface area contributed by atoms with Gasteiger partial charge in [-0.05, 0) is 12.8 Å². The van der Waals surface area contributed by atoms with Crippen LogP contribution in [-0.2, 0) is 9.53 Å². The molecule has 0 amide bonds. The molecule has 4 nitrogen and oxygen atoms in total. The average Bonchev–Trinajstić information content (AvgIpc) is 1.97. The highest BCUT2D eigenvalue weighted by atomic mass is 16.5. The van der Waals surface area contributed by atoms with Gasteiger partial charge in [-0.1, -0.05) is 0 Å². The van der Waals surface area contributed by atoms with Crippen molar-refractivity contribution in [2.45, 2.75) is 25.3 Å². The third-order valence-corrected chi connectivity index (χ3v) is 1.42. The highest BCUT2D eigenvalue weighted by molar-refractivity contribution is 5.66. The van der Waals surface area contributed by atoms with Crippen LogP contribution >= 0.6 is 0 Å². The third kappa shape index (κ3) is 7.29. The van der Waals surface area contributed by atoms with Crippen LogP contribution in [0.4, 0.5) is 0 Å². The number of rotatable bonds is 6. The van der Waals surface area contributed by atoms with Crippen LogP contribution in [-0.4, -0.2) is 30.8 Å². The van der Waals surface area contributed by atoms with Crippen molar-refractivity contribution < 1.29 is 14.6 Å². The predicted octanol–water partition coefficient (Wildman–Crippen LogP) is 0.215. The van der Waals surface area contributed by atoms with Gasteiger partial charge < -0.3 is 15.6 Å². The number of carboxylic acid groups (broad SMARTS) is 1. The van der Waals surface area contributed by atoms with E-state index in [4.69, 9.17) is 15.6 Å². The molecule has 0 aromatic heterocycles. The van der Waals surface area contributed by atoms with Gasteiger partial charge in [-0.25, -0.2) is 0 Å². The van der Waals surface area contributed by atoms with Gasteiger partial charge >= 0.3 is 5.97 Å². The highest BCUT2D eigenvalue weighted by Gasteiger charge is 2.04. The maximum Gasteiger partial charge on any atom is 0.303 e. The molecule has 0 aromatic carbocycles. The second kappa shape index (κ2) is 6.12. The molecule has 0 radical (unpaired) electrons. The van der Waals surface area contributed by atoms with Gasteiger partial charge in [-0.15, -0.1) is 0 Å². The van der Waals surface area contributed by atoms with E-state index in [1.54, 1.807) is 7.11 Å². The number of aliphatic carboxylic acids is 1. The van der Waals surface area contributed by atoms with Gasteiger partial charge in [0.2, 0.25) is 0 Å². The van der Waals surface area contributed by atoms with E-state index in [2.05, 4.69) is 0 Å². The molecular weight excluding hydrogens is 146 g/mol. The summed E-state index contributed by atoms with van der Waals surface area (Å²) in [6.45, 7) is 0.598. The minimum absolute atomic E-state index is 0.0500. The highest BCUT2D eigenvalue weighted by Crippen LogP contribution is 1.98. The molecule has 0 aliphatic carbocycles. The molecule has 0 spiro atoms. The molecule has 0 aliphatic heterocycles. The first-order valence-corrected chi connectivity index (χ1v) is 3.63. The molecule has 0 fully saturated rings. The van der Waals surface area contributed by atoms with E-state index in [0.29, 0.717) is 13.0 Å². The molecule has 0 heterocycles. The number of carboxylic acids is 1. The van der Waals surface area contributed by atoms with Crippen molar-refractivity contribution in [3.8, 4) is 0 Å². The topological polar surface area (TPSA) is 72.5 Å². The van der Waals surface area contributed by atoms with E-state index in [0.717, 1.165) is 6.42 Å². The Bertz CT molecular complexity index is 116. The average molecular weight is 161 g/mol. The maximum atomic E-state index is 10.1. The van der Waals surface area contributed by atoms with Gasteiger partial charge in [0, 0.05) is 26.2 Å². The van der Waals surface area contributed by atoms with E-state index in [1.165, 1.54) is 0 Å². The molecule has 0 aromatic rings. The second-order valence-corrected chi connectivity index (χ2v) is 2.47. The van der Waals surface area contributed by atoms with Crippen molar-refractivity contribution in [3.05, 3.63) is 0 Å². The molecule has 0 saturated heterocycles. The normalized spacial score (nSPS) is 12.9. The van der Waals surface area contributed by atoms with Crippen LogP contribution in [0.2, 0.25) is 0 Å². The molecule has 66 valence electrons. The van der Waals surface area contributed by atoms with Gasteiger partial charge in [0.25, 0.3) is 0 Å². The Kier molecular flexibility index (Phi) is 5.78. The summed E-state index contributed by atoms with van der Waals surface area (Å²) < 4.78 is 4.79. The first kappa shape index (κ1) is 10.4. The summed E-state index contributed by atoms with van der Waals surface area (Å²) in [5.41, 5.74) is 5.56. The lowest BCUT2D eigenvalue weighted by molar-refractivity contribution is -0.137. The summed E-state index contributed by atoms with van der Waals surface area (Å²) in [5.74, 6) is -0.794. The molecule has 11 heavy (non-hydrogen) atoms. The van der Waals surface area contributed by atoms with Gasteiger partial charge in [0.15, 0.2) is 0 Å². The Morgan fingerprint density at radius 3 is 2.73 bits per heavy atom. The van der Waals surface area contributed by atoms with Crippen molar-refractivity contribution in [3.63, 3.8) is 0 Å². The van der Waals surface area contributed by atoms with Crippen molar-refractivity contribution in [2.75, 3.05) is 13.7 Å². The predicted molar refractivity (Wildman–Crippen MR) is 41.3 cm³/mol. The number of hydrogen-bond donors (Lipinski definition) is 2. The van der Waals surface area contributed by atoms with Gasteiger partial charge in [0.05, 0.1) is 0 Å². The summed E-state index contributed by atoms with van der Waals surface area (Å²) in [5, 5.41) is 8.30. The van der Waals surface area contributed by atoms with Crippen LogP contribution in [0.5, 0.6) is 0 Å². The Hall–Kier alpha value is -0.610. The van der Waals surface area contributed by atoms with Crippen molar-refractivity contribution >= 4 is 5.97 Å². The molecular formula is C7H15NO3. The summed E-state index contributed by atoms with van der Waals surface area (Å²) in [6.07, 6.45) is 1.40.